The van der Waals surface area contributed by atoms with Gasteiger partial charge in [0.1, 0.15) is 0 Å². The number of hydrogen-bond acceptors (Lipinski definition) is 3. The van der Waals surface area contributed by atoms with Gasteiger partial charge in [-0.15, -0.1) is 0 Å². The first-order valence-corrected chi connectivity index (χ1v) is 8.32. The standard InChI is InChI=1S/C16H29F2N3O/c1-11(2)13-10-20(3)8-9-21(13)14(15(19)22)12-4-6-16(17,18)7-5-12/h11-14H,4-10H2,1-3H3,(H2,19,22). The van der Waals surface area contributed by atoms with E-state index in [-0.39, 0.29) is 30.7 Å². The number of primary amides is 1. The van der Waals surface area contributed by atoms with Gasteiger partial charge in [-0.25, -0.2) is 8.78 Å². The van der Waals surface area contributed by atoms with E-state index in [4.69, 9.17) is 5.73 Å². The minimum absolute atomic E-state index is 0.0400. The first-order chi connectivity index (χ1) is 10.2. The van der Waals surface area contributed by atoms with Gasteiger partial charge in [0.05, 0.1) is 6.04 Å². The lowest BCUT2D eigenvalue weighted by atomic mass is 9.80. The lowest BCUT2D eigenvalue weighted by molar-refractivity contribution is -0.132. The van der Waals surface area contributed by atoms with Gasteiger partial charge in [-0.2, -0.15) is 0 Å². The van der Waals surface area contributed by atoms with Gasteiger partial charge in [-0.3, -0.25) is 9.69 Å². The van der Waals surface area contributed by atoms with Crippen LogP contribution in [0.5, 0.6) is 0 Å². The summed E-state index contributed by atoms with van der Waals surface area (Å²) in [6, 6.07) is -0.157. The summed E-state index contributed by atoms with van der Waals surface area (Å²) in [5.41, 5.74) is 5.68. The summed E-state index contributed by atoms with van der Waals surface area (Å²) in [4.78, 5) is 16.5. The second-order valence-corrected chi connectivity index (χ2v) is 7.35. The van der Waals surface area contributed by atoms with Crippen molar-refractivity contribution in [1.82, 2.24) is 9.80 Å². The van der Waals surface area contributed by atoms with Crippen LogP contribution >= 0.6 is 0 Å². The number of rotatable bonds is 4. The molecule has 1 amide bonds. The minimum atomic E-state index is -2.57. The highest BCUT2D eigenvalue weighted by atomic mass is 19.3. The number of hydrogen-bond donors (Lipinski definition) is 1. The first kappa shape index (κ1) is 17.6. The van der Waals surface area contributed by atoms with Crippen LogP contribution in [0.2, 0.25) is 0 Å². The zero-order valence-corrected chi connectivity index (χ0v) is 13.9. The maximum Gasteiger partial charge on any atom is 0.248 e. The predicted molar refractivity (Wildman–Crippen MR) is 82.7 cm³/mol. The Balaban J connectivity index is 2.14. The molecule has 1 saturated carbocycles. The van der Waals surface area contributed by atoms with E-state index in [1.807, 2.05) is 0 Å². The fraction of sp³-hybridized carbons (Fsp3) is 0.938. The molecule has 1 saturated heterocycles. The predicted octanol–water partition coefficient (Wildman–Crippen LogP) is 1.94. The Kier molecular flexibility index (Phi) is 5.43. The molecule has 2 unspecified atom stereocenters. The van der Waals surface area contributed by atoms with Gasteiger partial charge in [0.25, 0.3) is 0 Å². The third-order valence-corrected chi connectivity index (χ3v) is 5.29. The molecular formula is C16H29F2N3O. The van der Waals surface area contributed by atoms with E-state index in [2.05, 4.69) is 30.7 Å². The average molecular weight is 317 g/mol. The fourth-order valence-corrected chi connectivity index (χ4v) is 3.95. The Bertz CT molecular complexity index is 393. The van der Waals surface area contributed by atoms with Gasteiger partial charge in [-0.1, -0.05) is 13.8 Å². The Morgan fingerprint density at radius 2 is 1.82 bits per heavy atom. The van der Waals surface area contributed by atoms with E-state index in [0.717, 1.165) is 19.6 Å². The second-order valence-electron chi connectivity index (χ2n) is 7.35. The van der Waals surface area contributed by atoms with Crippen LogP contribution in [0.15, 0.2) is 0 Å². The molecule has 2 atom stereocenters. The number of nitrogens with two attached hydrogens (primary N) is 1. The van der Waals surface area contributed by atoms with E-state index < -0.39 is 12.0 Å². The highest BCUT2D eigenvalue weighted by Gasteiger charge is 2.44. The van der Waals surface area contributed by atoms with Gasteiger partial charge in [0.2, 0.25) is 11.8 Å². The zero-order chi connectivity index (χ0) is 16.5. The maximum atomic E-state index is 13.4. The van der Waals surface area contributed by atoms with E-state index in [9.17, 15) is 13.6 Å². The van der Waals surface area contributed by atoms with Crippen LogP contribution in [-0.4, -0.2) is 60.4 Å². The summed E-state index contributed by atoms with van der Waals surface area (Å²) in [6.45, 7) is 6.84. The van der Waals surface area contributed by atoms with E-state index in [1.54, 1.807) is 0 Å². The van der Waals surface area contributed by atoms with Crippen molar-refractivity contribution < 1.29 is 13.6 Å². The summed E-state index contributed by atoms with van der Waals surface area (Å²) >= 11 is 0. The molecule has 0 aromatic carbocycles. The molecule has 2 aliphatic rings. The van der Waals surface area contributed by atoms with Crippen LogP contribution in [0.25, 0.3) is 0 Å². The molecule has 2 N–H and O–H groups in total. The Labute approximate surface area is 132 Å². The molecule has 1 aliphatic carbocycles. The highest BCUT2D eigenvalue weighted by Crippen LogP contribution is 2.39. The highest BCUT2D eigenvalue weighted by molar-refractivity contribution is 5.80. The fourth-order valence-electron chi connectivity index (χ4n) is 3.95. The molecule has 0 aromatic heterocycles. The Morgan fingerprint density at radius 3 is 2.32 bits per heavy atom. The molecule has 2 fully saturated rings. The van der Waals surface area contributed by atoms with Crippen molar-refractivity contribution in [1.29, 1.82) is 0 Å². The molecular weight excluding hydrogens is 288 g/mol. The lowest BCUT2D eigenvalue weighted by Crippen LogP contribution is -2.62. The lowest BCUT2D eigenvalue weighted by Gasteiger charge is -2.48. The number of nitrogens with zero attached hydrogens (tertiary/aromatic N) is 2. The molecule has 4 nitrogen and oxygen atoms in total. The number of carbonyl (C=O) groups excluding carboxylic acids is 1. The number of alkyl halides is 2. The topological polar surface area (TPSA) is 49.6 Å². The van der Waals surface area contributed by atoms with Crippen LogP contribution in [0.4, 0.5) is 8.78 Å². The monoisotopic (exact) mass is 317 g/mol. The van der Waals surface area contributed by atoms with Crippen molar-refractivity contribution in [3.63, 3.8) is 0 Å². The van der Waals surface area contributed by atoms with Crippen LogP contribution in [0.1, 0.15) is 39.5 Å². The molecule has 1 heterocycles. The molecule has 2 rings (SSSR count). The SMILES string of the molecule is CC(C)C1CN(C)CCN1C(C(N)=O)C1CCC(F)(F)CC1. The van der Waals surface area contributed by atoms with Crippen molar-refractivity contribution in [3.05, 3.63) is 0 Å². The van der Waals surface area contributed by atoms with Crippen LogP contribution in [-0.2, 0) is 4.79 Å². The van der Waals surface area contributed by atoms with Crippen molar-refractivity contribution >= 4 is 5.91 Å². The third-order valence-electron chi connectivity index (χ3n) is 5.29. The average Bonchev–Trinajstić information content (AvgIpc) is 2.42. The van der Waals surface area contributed by atoms with E-state index >= 15 is 0 Å². The van der Waals surface area contributed by atoms with Crippen molar-refractivity contribution in [2.24, 2.45) is 17.6 Å². The number of likely N-dealkylation sites (N-methyl/N-ethyl adjacent to an activating group) is 1. The molecule has 1 aliphatic heterocycles. The molecule has 0 spiro atoms. The van der Waals surface area contributed by atoms with E-state index in [1.165, 1.54) is 0 Å². The summed E-state index contributed by atoms with van der Waals surface area (Å²) in [7, 11) is 2.08. The van der Waals surface area contributed by atoms with Crippen molar-refractivity contribution in [2.75, 3.05) is 26.7 Å². The number of amides is 1. The molecule has 0 bridgehead atoms. The van der Waals surface area contributed by atoms with Gasteiger partial charge >= 0.3 is 0 Å². The summed E-state index contributed by atoms with van der Waals surface area (Å²) in [6.07, 6.45) is 0.526. The number of carbonyl (C=O) groups is 1. The summed E-state index contributed by atoms with van der Waals surface area (Å²) in [5, 5.41) is 0. The molecule has 0 radical (unpaired) electrons. The smallest absolute Gasteiger partial charge is 0.248 e. The van der Waals surface area contributed by atoms with Gasteiger partial charge in [0.15, 0.2) is 0 Å². The van der Waals surface area contributed by atoms with Crippen LogP contribution < -0.4 is 5.73 Å². The summed E-state index contributed by atoms with van der Waals surface area (Å²) < 4.78 is 26.8. The number of piperazine rings is 1. The van der Waals surface area contributed by atoms with E-state index in [0.29, 0.717) is 18.8 Å². The van der Waals surface area contributed by atoms with Gasteiger partial charge in [0, 0.05) is 38.5 Å². The van der Waals surface area contributed by atoms with Gasteiger partial charge in [-0.05, 0) is 31.7 Å². The minimum Gasteiger partial charge on any atom is -0.368 e. The first-order valence-electron chi connectivity index (χ1n) is 8.32. The zero-order valence-electron chi connectivity index (χ0n) is 13.9. The molecule has 22 heavy (non-hydrogen) atoms. The second kappa shape index (κ2) is 6.79. The Hall–Kier alpha value is -0.750. The molecule has 0 aromatic rings. The summed E-state index contributed by atoms with van der Waals surface area (Å²) in [5.74, 6) is -2.57. The third kappa shape index (κ3) is 3.96. The quantitative estimate of drug-likeness (QED) is 0.862. The molecule has 128 valence electrons. The molecule has 6 heteroatoms. The Morgan fingerprint density at radius 1 is 1.23 bits per heavy atom. The normalized spacial score (nSPS) is 29.6. The van der Waals surface area contributed by atoms with Crippen LogP contribution in [0.3, 0.4) is 0 Å². The van der Waals surface area contributed by atoms with Gasteiger partial charge < -0.3 is 10.6 Å². The van der Waals surface area contributed by atoms with Crippen LogP contribution in [0, 0.1) is 11.8 Å². The largest absolute Gasteiger partial charge is 0.368 e. The van der Waals surface area contributed by atoms with Crippen molar-refractivity contribution in [2.45, 2.75) is 57.5 Å². The maximum absolute atomic E-state index is 13.4. The van der Waals surface area contributed by atoms with Crippen molar-refractivity contribution in [3.8, 4) is 0 Å². The number of halogens is 2.